The summed E-state index contributed by atoms with van der Waals surface area (Å²) < 4.78 is 11.8. The van der Waals surface area contributed by atoms with Gasteiger partial charge in [0.15, 0.2) is 23.2 Å². The van der Waals surface area contributed by atoms with E-state index in [0.717, 1.165) is 0 Å². The van der Waals surface area contributed by atoms with E-state index in [4.69, 9.17) is 33.3 Å². The quantitative estimate of drug-likeness (QED) is 0.283. The zero-order chi connectivity index (χ0) is 23.3. The first kappa shape index (κ1) is 23.7. The van der Waals surface area contributed by atoms with Crippen molar-refractivity contribution in [3.8, 4) is 11.5 Å². The molecule has 32 heavy (non-hydrogen) atoms. The Morgan fingerprint density at radius 3 is 2.53 bits per heavy atom. The molecule has 3 amide bonds. The summed E-state index contributed by atoms with van der Waals surface area (Å²) in [6.45, 7) is 1.81. The van der Waals surface area contributed by atoms with E-state index in [1.165, 1.54) is 6.08 Å². The Hall–Kier alpha value is -2.95. The third-order valence-electron chi connectivity index (χ3n) is 4.08. The summed E-state index contributed by atoms with van der Waals surface area (Å²) in [6, 6.07) is 10.1. The summed E-state index contributed by atoms with van der Waals surface area (Å²) in [4.78, 5) is 36.5. The first-order valence-electron chi connectivity index (χ1n) is 9.30. The van der Waals surface area contributed by atoms with Gasteiger partial charge in [0.1, 0.15) is 5.57 Å². The molecule has 3 rings (SSSR count). The number of benzene rings is 2. The molecule has 0 aliphatic carbocycles. The third kappa shape index (κ3) is 5.84. The van der Waals surface area contributed by atoms with Gasteiger partial charge in [-0.05, 0) is 71.0 Å². The van der Waals surface area contributed by atoms with E-state index in [1.54, 1.807) is 43.3 Å². The van der Waals surface area contributed by atoms with E-state index in [0.29, 0.717) is 38.9 Å². The van der Waals surface area contributed by atoms with Crippen molar-refractivity contribution in [1.29, 1.82) is 0 Å². The highest BCUT2D eigenvalue weighted by molar-refractivity contribution is 9.10. The second kappa shape index (κ2) is 10.6. The van der Waals surface area contributed by atoms with Gasteiger partial charge in [-0.1, -0.05) is 23.7 Å². The third-order valence-corrected chi connectivity index (χ3v) is 5.20. The van der Waals surface area contributed by atoms with Crippen LogP contribution in [-0.4, -0.2) is 36.0 Å². The number of ether oxygens (including phenoxy) is 2. The number of rotatable bonds is 7. The molecule has 0 atom stereocenters. The Labute approximate surface area is 202 Å². The lowest BCUT2D eigenvalue weighted by Gasteiger charge is -2.17. The zero-order valence-corrected chi connectivity index (χ0v) is 19.8. The Kier molecular flexibility index (Phi) is 7.84. The maximum absolute atomic E-state index is 12.3. The number of amides is 3. The van der Waals surface area contributed by atoms with Gasteiger partial charge in [0.05, 0.1) is 21.8 Å². The molecule has 1 heterocycles. The molecule has 0 spiro atoms. The topological polar surface area (TPSA) is 106 Å². The Bertz CT molecular complexity index is 1120. The molecule has 11 heteroatoms. The molecule has 0 bridgehead atoms. The van der Waals surface area contributed by atoms with E-state index in [9.17, 15) is 14.4 Å². The number of nitrogens with one attached hydrogen (secondary N) is 3. The van der Waals surface area contributed by atoms with Gasteiger partial charge in [-0.25, -0.2) is 0 Å². The van der Waals surface area contributed by atoms with E-state index in [2.05, 4.69) is 31.9 Å². The SMILES string of the molecule is CCOc1cc(C=C2C(=O)NC(=S)NC2=O)cc(Br)c1OCC(=O)Nc1ccccc1Cl. The van der Waals surface area contributed by atoms with Crippen LogP contribution in [0.3, 0.4) is 0 Å². The van der Waals surface area contributed by atoms with E-state index >= 15 is 0 Å². The van der Waals surface area contributed by atoms with Crippen molar-refractivity contribution in [2.45, 2.75) is 6.92 Å². The molecule has 166 valence electrons. The fraction of sp³-hybridized carbons (Fsp3) is 0.143. The molecule has 0 saturated carbocycles. The van der Waals surface area contributed by atoms with Crippen LogP contribution in [0.4, 0.5) is 5.69 Å². The fourth-order valence-electron chi connectivity index (χ4n) is 2.73. The molecule has 1 fully saturated rings. The number of anilines is 1. The predicted molar refractivity (Wildman–Crippen MR) is 128 cm³/mol. The maximum Gasteiger partial charge on any atom is 0.263 e. The predicted octanol–water partition coefficient (Wildman–Crippen LogP) is 3.43. The summed E-state index contributed by atoms with van der Waals surface area (Å²) in [5, 5.41) is 7.78. The number of carbonyl (C=O) groups is 3. The minimum Gasteiger partial charge on any atom is -0.490 e. The zero-order valence-electron chi connectivity index (χ0n) is 16.7. The van der Waals surface area contributed by atoms with Crippen LogP contribution in [0.1, 0.15) is 12.5 Å². The Morgan fingerprint density at radius 2 is 1.88 bits per heavy atom. The van der Waals surface area contributed by atoms with Crippen LogP contribution in [0.2, 0.25) is 5.02 Å². The average molecular weight is 539 g/mol. The van der Waals surface area contributed by atoms with Crippen LogP contribution in [0.25, 0.3) is 6.08 Å². The van der Waals surface area contributed by atoms with E-state index in [-0.39, 0.29) is 17.3 Å². The smallest absolute Gasteiger partial charge is 0.263 e. The van der Waals surface area contributed by atoms with Gasteiger partial charge in [0, 0.05) is 0 Å². The Morgan fingerprint density at radius 1 is 1.19 bits per heavy atom. The summed E-state index contributed by atoms with van der Waals surface area (Å²) in [5.41, 5.74) is 0.861. The van der Waals surface area contributed by atoms with Crippen LogP contribution in [0.5, 0.6) is 11.5 Å². The number of carbonyl (C=O) groups excluding carboxylic acids is 3. The van der Waals surface area contributed by atoms with Gasteiger partial charge < -0.3 is 14.8 Å². The van der Waals surface area contributed by atoms with Crippen LogP contribution in [0, 0.1) is 0 Å². The molecule has 1 aliphatic rings. The lowest BCUT2D eigenvalue weighted by Crippen LogP contribution is -2.51. The minimum atomic E-state index is -0.607. The first-order valence-corrected chi connectivity index (χ1v) is 10.9. The minimum absolute atomic E-state index is 0.0489. The van der Waals surface area contributed by atoms with Crippen molar-refractivity contribution < 1.29 is 23.9 Å². The first-order chi connectivity index (χ1) is 15.3. The Balaban J connectivity index is 1.80. The summed E-state index contributed by atoms with van der Waals surface area (Å²) in [6.07, 6.45) is 1.40. The highest BCUT2D eigenvalue weighted by Gasteiger charge is 2.26. The molecular formula is C21H17BrClN3O5S. The summed E-state index contributed by atoms with van der Waals surface area (Å²) in [7, 11) is 0. The molecule has 8 nitrogen and oxygen atoms in total. The second-order valence-electron chi connectivity index (χ2n) is 6.38. The number of hydrogen-bond donors (Lipinski definition) is 3. The van der Waals surface area contributed by atoms with Gasteiger partial charge in [-0.3, -0.25) is 25.0 Å². The number of para-hydroxylation sites is 1. The molecular weight excluding hydrogens is 522 g/mol. The highest BCUT2D eigenvalue weighted by Crippen LogP contribution is 2.37. The van der Waals surface area contributed by atoms with Crippen LogP contribution in [-0.2, 0) is 14.4 Å². The van der Waals surface area contributed by atoms with E-state index in [1.807, 2.05) is 0 Å². The fourth-order valence-corrected chi connectivity index (χ4v) is 3.68. The second-order valence-corrected chi connectivity index (χ2v) is 8.04. The van der Waals surface area contributed by atoms with Gasteiger partial charge in [-0.15, -0.1) is 0 Å². The number of halogens is 2. The maximum atomic E-state index is 12.3. The van der Waals surface area contributed by atoms with E-state index < -0.39 is 17.7 Å². The molecule has 2 aromatic carbocycles. The molecule has 0 unspecified atom stereocenters. The molecule has 0 radical (unpaired) electrons. The average Bonchev–Trinajstić information content (AvgIpc) is 2.72. The van der Waals surface area contributed by atoms with Gasteiger partial charge in [0.2, 0.25) is 0 Å². The lowest BCUT2D eigenvalue weighted by atomic mass is 10.1. The van der Waals surface area contributed by atoms with Crippen molar-refractivity contribution >= 4 is 74.3 Å². The summed E-state index contributed by atoms with van der Waals surface area (Å²) >= 11 is 14.2. The molecule has 0 aromatic heterocycles. The number of thiocarbonyl (C=S) groups is 1. The van der Waals surface area contributed by atoms with Crippen molar-refractivity contribution in [1.82, 2.24) is 10.6 Å². The summed E-state index contributed by atoms with van der Waals surface area (Å²) in [5.74, 6) is -1.01. The van der Waals surface area contributed by atoms with Crippen molar-refractivity contribution in [3.05, 3.63) is 57.0 Å². The number of hydrogen-bond acceptors (Lipinski definition) is 6. The molecule has 1 saturated heterocycles. The standard InChI is InChI=1S/C21H17BrClN3O5S/c1-2-30-16-9-11(7-12-19(28)25-21(32)26-20(12)29)8-13(22)18(16)31-10-17(27)24-15-6-4-3-5-14(15)23/h3-9H,2,10H2,1H3,(H,24,27)(H2,25,26,28,29,32). The van der Waals surface area contributed by atoms with Crippen LogP contribution < -0.4 is 25.4 Å². The normalized spacial score (nSPS) is 13.2. The van der Waals surface area contributed by atoms with Gasteiger partial charge >= 0.3 is 0 Å². The van der Waals surface area contributed by atoms with Crippen LogP contribution >= 0.6 is 39.7 Å². The van der Waals surface area contributed by atoms with Crippen molar-refractivity contribution in [2.24, 2.45) is 0 Å². The van der Waals surface area contributed by atoms with Crippen molar-refractivity contribution in [2.75, 3.05) is 18.5 Å². The van der Waals surface area contributed by atoms with Gasteiger partial charge in [0.25, 0.3) is 17.7 Å². The molecule has 1 aliphatic heterocycles. The largest absolute Gasteiger partial charge is 0.490 e. The monoisotopic (exact) mass is 537 g/mol. The van der Waals surface area contributed by atoms with Gasteiger partial charge in [-0.2, -0.15) is 0 Å². The lowest BCUT2D eigenvalue weighted by molar-refractivity contribution is -0.123. The van der Waals surface area contributed by atoms with Crippen molar-refractivity contribution in [3.63, 3.8) is 0 Å². The highest BCUT2D eigenvalue weighted by atomic mass is 79.9. The van der Waals surface area contributed by atoms with Crippen LogP contribution in [0.15, 0.2) is 46.4 Å². The molecule has 2 aromatic rings. The molecule has 3 N–H and O–H groups in total.